The Kier molecular flexibility index (Phi) is 6.79. The van der Waals surface area contributed by atoms with E-state index in [0.29, 0.717) is 0 Å². The van der Waals surface area contributed by atoms with Crippen LogP contribution in [0.15, 0.2) is 84.9 Å². The van der Waals surface area contributed by atoms with Gasteiger partial charge in [0.2, 0.25) is 0 Å². The van der Waals surface area contributed by atoms with E-state index < -0.39 is 21.8 Å². The third-order valence-electron chi connectivity index (χ3n) is 4.55. The van der Waals surface area contributed by atoms with Gasteiger partial charge in [0.15, 0.2) is 0 Å². The molecule has 0 saturated heterocycles. The molecule has 3 aromatic carbocycles. The van der Waals surface area contributed by atoms with Crippen molar-refractivity contribution in [3.05, 3.63) is 90.5 Å². The first-order valence-electron chi connectivity index (χ1n) is 9.04. The zero-order valence-corrected chi connectivity index (χ0v) is 18.6. The van der Waals surface area contributed by atoms with Crippen molar-refractivity contribution in [3.63, 3.8) is 0 Å². The summed E-state index contributed by atoms with van der Waals surface area (Å²) >= 11 is -2.26. The average Bonchev–Trinajstić information content (AvgIpc) is 2.69. The Hall–Kier alpha value is -1.50. The van der Waals surface area contributed by atoms with Gasteiger partial charge in [0, 0.05) is 0 Å². The van der Waals surface area contributed by atoms with E-state index in [4.69, 9.17) is 0 Å². The van der Waals surface area contributed by atoms with E-state index >= 15 is 0 Å². The molecule has 0 radical (unpaired) electrons. The molecule has 0 atom stereocenters. The van der Waals surface area contributed by atoms with Crippen LogP contribution in [0.2, 0.25) is 0 Å². The Bertz CT molecular complexity index is 727. The van der Waals surface area contributed by atoms with E-state index in [2.05, 4.69) is 104 Å². The molecule has 2 heteroatoms. The van der Waals surface area contributed by atoms with Gasteiger partial charge in [-0.2, -0.15) is 0 Å². The van der Waals surface area contributed by atoms with E-state index in [-0.39, 0.29) is 0 Å². The molecule has 0 amide bonds. The molecule has 0 aliphatic rings. The number of nitrogens with zero attached hydrogens (tertiary/aromatic N) is 1. The second kappa shape index (κ2) is 9.27. The zero-order chi connectivity index (χ0) is 17.5. The third kappa shape index (κ3) is 4.57. The minimum absolute atomic E-state index is 1.05. The summed E-state index contributed by atoms with van der Waals surface area (Å²) in [4.78, 5) is 2.51. The molecule has 0 N–H and O–H groups in total. The molecule has 0 aliphatic heterocycles. The molecular weight excluding hydrogens is 499 g/mol. The van der Waals surface area contributed by atoms with Crippen LogP contribution < -0.4 is 9.81 Å². The average molecular weight is 525 g/mol. The molecule has 3 rings (SSSR count). The Balaban J connectivity index is 2.08. The van der Waals surface area contributed by atoms with Crippen LogP contribution in [0.5, 0.6) is 0 Å². The molecule has 0 aliphatic carbocycles. The van der Waals surface area contributed by atoms with Gasteiger partial charge in [0.25, 0.3) is 0 Å². The topological polar surface area (TPSA) is 3.24 Å². The van der Waals surface area contributed by atoms with E-state index in [9.17, 15) is 0 Å². The Morgan fingerprint density at radius 3 is 1.64 bits per heavy atom. The van der Waals surface area contributed by atoms with Gasteiger partial charge in [-0.25, -0.2) is 0 Å². The van der Waals surface area contributed by atoms with Gasteiger partial charge in [-0.3, -0.25) is 0 Å². The quantitative estimate of drug-likeness (QED) is 0.429. The van der Waals surface area contributed by atoms with E-state index in [0.717, 1.165) is 19.6 Å². The Morgan fingerprint density at radius 2 is 1.12 bits per heavy atom. The van der Waals surface area contributed by atoms with E-state index in [1.54, 1.807) is 9.81 Å². The van der Waals surface area contributed by atoms with Crippen molar-refractivity contribution in [1.29, 1.82) is 0 Å². The van der Waals surface area contributed by atoms with Crippen molar-refractivity contribution >= 4 is 31.6 Å². The van der Waals surface area contributed by atoms with Gasteiger partial charge in [-0.15, -0.1) is 0 Å². The zero-order valence-electron chi connectivity index (χ0n) is 15.1. The summed E-state index contributed by atoms with van der Waals surface area (Å²) in [7, 11) is 0. The fraction of sp³-hybridized carbons (Fsp3) is 0.217. The van der Waals surface area contributed by atoms with E-state index in [1.807, 2.05) is 0 Å². The van der Waals surface area contributed by atoms with Gasteiger partial charge in [0.1, 0.15) is 0 Å². The van der Waals surface area contributed by atoms with Crippen LogP contribution in [0, 0.1) is 0 Å². The van der Waals surface area contributed by atoms with Crippen LogP contribution in [0.3, 0.4) is 0 Å². The maximum absolute atomic E-state index is 2.51. The van der Waals surface area contributed by atoms with Crippen molar-refractivity contribution in [3.8, 4) is 0 Å². The number of hydrogen-bond acceptors (Lipinski definition) is 1. The second-order valence-corrected chi connectivity index (χ2v) is 14.6. The molecular formula is C23H26BiN. The molecule has 0 saturated carbocycles. The predicted octanol–water partition coefficient (Wildman–Crippen LogP) is 3.04. The summed E-state index contributed by atoms with van der Waals surface area (Å²) in [5.41, 5.74) is 1.51. The molecule has 0 heterocycles. The van der Waals surface area contributed by atoms with Crippen LogP contribution in [-0.2, 0) is 6.54 Å². The third-order valence-corrected chi connectivity index (χ3v) is 14.5. The van der Waals surface area contributed by atoms with Crippen molar-refractivity contribution < 1.29 is 0 Å². The van der Waals surface area contributed by atoms with Crippen LogP contribution in [-0.4, -0.2) is 39.7 Å². The normalized spacial score (nSPS) is 11.2. The molecule has 1 nitrogen and oxygen atoms in total. The predicted molar refractivity (Wildman–Crippen MR) is 111 cm³/mol. The van der Waals surface area contributed by atoms with Gasteiger partial charge in [0.05, 0.1) is 0 Å². The Labute approximate surface area is 160 Å². The molecule has 3 aromatic rings. The number of benzene rings is 3. The summed E-state index contributed by atoms with van der Waals surface area (Å²) in [6.45, 7) is 7.75. The molecule has 25 heavy (non-hydrogen) atoms. The van der Waals surface area contributed by atoms with Crippen LogP contribution in [0.1, 0.15) is 19.4 Å². The van der Waals surface area contributed by atoms with Crippen molar-refractivity contribution in [2.75, 3.05) is 13.1 Å². The first-order chi connectivity index (χ1) is 12.3. The molecule has 0 bridgehead atoms. The SMILES string of the molecule is CCN(CC)Cc1cccc[c]1[Bi]([c]1ccccc1)[c]1ccccc1. The Morgan fingerprint density at radius 1 is 0.640 bits per heavy atom. The van der Waals surface area contributed by atoms with Gasteiger partial charge in [-0.1, -0.05) is 0 Å². The molecule has 0 fully saturated rings. The molecule has 0 unspecified atom stereocenters. The monoisotopic (exact) mass is 525 g/mol. The van der Waals surface area contributed by atoms with Crippen molar-refractivity contribution in [1.82, 2.24) is 4.90 Å². The fourth-order valence-electron chi connectivity index (χ4n) is 3.13. The summed E-state index contributed by atoms with van der Waals surface area (Å²) in [5, 5.41) is 0. The maximum atomic E-state index is 2.51. The van der Waals surface area contributed by atoms with Gasteiger partial charge < -0.3 is 0 Å². The molecule has 0 aromatic heterocycles. The van der Waals surface area contributed by atoms with Crippen LogP contribution in [0.4, 0.5) is 0 Å². The van der Waals surface area contributed by atoms with Crippen molar-refractivity contribution in [2.45, 2.75) is 20.4 Å². The van der Waals surface area contributed by atoms with Crippen LogP contribution in [0.25, 0.3) is 0 Å². The minimum atomic E-state index is -2.26. The van der Waals surface area contributed by atoms with Gasteiger partial charge >= 0.3 is 160 Å². The molecule has 0 spiro atoms. The second-order valence-electron chi connectivity index (χ2n) is 6.10. The summed E-state index contributed by atoms with van der Waals surface area (Å²) in [5.74, 6) is 0. The summed E-state index contributed by atoms with van der Waals surface area (Å²) in [6.07, 6.45) is 0. The van der Waals surface area contributed by atoms with Crippen LogP contribution >= 0.6 is 0 Å². The van der Waals surface area contributed by atoms with Crippen molar-refractivity contribution in [2.24, 2.45) is 0 Å². The van der Waals surface area contributed by atoms with Gasteiger partial charge in [-0.05, 0) is 0 Å². The summed E-state index contributed by atoms with van der Waals surface area (Å²) < 4.78 is 4.72. The number of rotatable bonds is 7. The fourth-order valence-corrected chi connectivity index (χ4v) is 12.7. The first-order valence-corrected chi connectivity index (χ1v) is 14.3. The molecule has 128 valence electrons. The number of hydrogen-bond donors (Lipinski definition) is 0. The van der Waals surface area contributed by atoms with E-state index in [1.165, 1.54) is 5.56 Å². The summed E-state index contributed by atoms with van der Waals surface area (Å²) in [6, 6.07) is 31.5. The first kappa shape index (κ1) is 18.3. The standard InChI is InChI=1S/C11H16N.2C6H5.Bi/c1-3-12(4-2)10-11-8-6-5-7-9-11;2*1-2-4-6-5-3-1;/h5-8H,3-4,10H2,1-2H3;2*1-5H;.